The number of furan rings is 1. The van der Waals surface area contributed by atoms with Crippen LogP contribution in [0.5, 0.6) is 5.75 Å². The Balaban J connectivity index is 1.71. The second-order valence-corrected chi connectivity index (χ2v) is 9.16. The van der Waals surface area contributed by atoms with Crippen LogP contribution >= 0.6 is 11.3 Å². The van der Waals surface area contributed by atoms with Gasteiger partial charge in [0.25, 0.3) is 5.91 Å². The SMILES string of the molecule is CCOc1ccc(C(c2cc(CC)sc2NC(=O)c2ccco2)N2CCN(C)CC2)cc1. The molecule has 3 heterocycles. The fourth-order valence-electron chi connectivity index (χ4n) is 4.09. The standard InChI is InChI=1S/C25H31N3O3S/c1-4-20-17-21(25(32-20)26-24(29)22-7-6-16-31-22)23(28-14-12-27(3)13-15-28)18-8-10-19(11-9-18)30-5-2/h6-11,16-17,23H,4-5,12-15H2,1-3H3,(H,26,29). The summed E-state index contributed by atoms with van der Waals surface area (Å²) in [6, 6.07) is 14.1. The third-order valence-corrected chi connectivity index (χ3v) is 7.05. The van der Waals surface area contributed by atoms with Crippen molar-refractivity contribution in [3.05, 3.63) is 70.5 Å². The quantitative estimate of drug-likeness (QED) is 0.526. The van der Waals surface area contributed by atoms with Crippen molar-refractivity contribution < 1.29 is 13.9 Å². The lowest BCUT2D eigenvalue weighted by Crippen LogP contribution is -2.46. The van der Waals surface area contributed by atoms with Crippen LogP contribution in [0.15, 0.2) is 53.1 Å². The molecule has 2 aromatic heterocycles. The van der Waals surface area contributed by atoms with Gasteiger partial charge in [0, 0.05) is 36.6 Å². The van der Waals surface area contributed by atoms with Crippen LogP contribution in [0.1, 0.15) is 46.4 Å². The number of piperazine rings is 1. The summed E-state index contributed by atoms with van der Waals surface area (Å²) in [6.07, 6.45) is 2.45. The van der Waals surface area contributed by atoms with Gasteiger partial charge in [0.2, 0.25) is 0 Å². The minimum absolute atomic E-state index is 0.0582. The van der Waals surface area contributed by atoms with Crippen LogP contribution in [0.3, 0.4) is 0 Å². The third kappa shape index (κ3) is 5.06. The summed E-state index contributed by atoms with van der Waals surface area (Å²) in [7, 11) is 2.16. The number of nitrogens with one attached hydrogen (secondary N) is 1. The molecule has 0 saturated carbocycles. The zero-order valence-corrected chi connectivity index (χ0v) is 19.8. The molecule has 32 heavy (non-hydrogen) atoms. The molecule has 1 aromatic carbocycles. The van der Waals surface area contributed by atoms with E-state index < -0.39 is 0 Å². The predicted molar refractivity (Wildman–Crippen MR) is 129 cm³/mol. The lowest BCUT2D eigenvalue weighted by atomic mass is 9.97. The molecule has 1 fully saturated rings. The highest BCUT2D eigenvalue weighted by Gasteiger charge is 2.29. The van der Waals surface area contributed by atoms with Gasteiger partial charge in [-0.2, -0.15) is 0 Å². The number of carbonyl (C=O) groups excluding carboxylic acids is 1. The first-order valence-electron chi connectivity index (χ1n) is 11.2. The van der Waals surface area contributed by atoms with Crippen molar-refractivity contribution in [1.82, 2.24) is 9.80 Å². The number of hydrogen-bond acceptors (Lipinski definition) is 6. The number of hydrogen-bond donors (Lipinski definition) is 1. The molecule has 7 heteroatoms. The minimum atomic E-state index is -0.218. The first-order valence-corrected chi connectivity index (χ1v) is 12.0. The van der Waals surface area contributed by atoms with Gasteiger partial charge in [-0.25, -0.2) is 0 Å². The van der Waals surface area contributed by atoms with Gasteiger partial charge in [-0.15, -0.1) is 11.3 Å². The second-order valence-electron chi connectivity index (χ2n) is 8.03. The Morgan fingerprint density at radius 2 is 1.91 bits per heavy atom. The first kappa shape index (κ1) is 22.6. The zero-order chi connectivity index (χ0) is 22.5. The van der Waals surface area contributed by atoms with Crippen LogP contribution in [-0.4, -0.2) is 55.5 Å². The highest BCUT2D eigenvalue weighted by molar-refractivity contribution is 7.16. The van der Waals surface area contributed by atoms with E-state index in [1.54, 1.807) is 23.5 Å². The predicted octanol–water partition coefficient (Wildman–Crippen LogP) is 4.89. The number of benzene rings is 1. The number of thiophene rings is 1. The minimum Gasteiger partial charge on any atom is -0.494 e. The van der Waals surface area contributed by atoms with Crippen molar-refractivity contribution in [2.75, 3.05) is 45.2 Å². The monoisotopic (exact) mass is 453 g/mol. The number of nitrogens with zero attached hydrogens (tertiary/aromatic N) is 2. The number of aryl methyl sites for hydroxylation is 1. The number of rotatable bonds is 8. The molecule has 4 rings (SSSR count). The van der Waals surface area contributed by atoms with Crippen molar-refractivity contribution in [3.63, 3.8) is 0 Å². The molecule has 3 aromatic rings. The van der Waals surface area contributed by atoms with Crippen molar-refractivity contribution in [3.8, 4) is 5.75 Å². The smallest absolute Gasteiger partial charge is 0.291 e. The zero-order valence-electron chi connectivity index (χ0n) is 19.0. The van der Waals surface area contributed by atoms with E-state index in [1.165, 1.54) is 16.7 Å². The third-order valence-electron chi connectivity index (χ3n) is 5.84. The van der Waals surface area contributed by atoms with E-state index >= 15 is 0 Å². The molecule has 1 aliphatic heterocycles. The van der Waals surface area contributed by atoms with E-state index in [1.807, 2.05) is 19.1 Å². The summed E-state index contributed by atoms with van der Waals surface area (Å²) in [6.45, 7) is 8.77. The van der Waals surface area contributed by atoms with E-state index in [2.05, 4.69) is 47.3 Å². The van der Waals surface area contributed by atoms with Crippen LogP contribution < -0.4 is 10.1 Å². The van der Waals surface area contributed by atoms with Crippen LogP contribution in [0.2, 0.25) is 0 Å². The van der Waals surface area contributed by atoms with Gasteiger partial charge >= 0.3 is 0 Å². The lowest BCUT2D eigenvalue weighted by molar-refractivity contribution is 0.0996. The Kier molecular flexibility index (Phi) is 7.29. The molecule has 1 N–H and O–H groups in total. The molecule has 0 spiro atoms. The molecule has 0 radical (unpaired) electrons. The highest BCUT2D eigenvalue weighted by atomic mass is 32.1. The molecule has 1 saturated heterocycles. The Bertz CT molecular complexity index is 1010. The Morgan fingerprint density at radius 1 is 1.16 bits per heavy atom. The Morgan fingerprint density at radius 3 is 2.53 bits per heavy atom. The van der Waals surface area contributed by atoms with Crippen molar-refractivity contribution in [2.45, 2.75) is 26.3 Å². The van der Waals surface area contributed by atoms with Gasteiger partial charge in [0.15, 0.2) is 5.76 Å². The second kappa shape index (κ2) is 10.3. The highest BCUT2D eigenvalue weighted by Crippen LogP contribution is 2.40. The van der Waals surface area contributed by atoms with Crippen LogP contribution in [-0.2, 0) is 6.42 Å². The maximum atomic E-state index is 12.8. The maximum Gasteiger partial charge on any atom is 0.291 e. The maximum absolute atomic E-state index is 12.8. The van der Waals surface area contributed by atoms with Crippen LogP contribution in [0, 0.1) is 0 Å². The van der Waals surface area contributed by atoms with Crippen molar-refractivity contribution in [1.29, 1.82) is 0 Å². The number of likely N-dealkylation sites (N-methyl/N-ethyl adjacent to an activating group) is 1. The van der Waals surface area contributed by atoms with Gasteiger partial charge < -0.3 is 19.4 Å². The summed E-state index contributed by atoms with van der Waals surface area (Å²) in [5.74, 6) is 0.975. The summed E-state index contributed by atoms with van der Waals surface area (Å²) in [4.78, 5) is 18.9. The van der Waals surface area contributed by atoms with Crippen LogP contribution in [0.25, 0.3) is 0 Å². The fraction of sp³-hybridized carbons (Fsp3) is 0.400. The average molecular weight is 454 g/mol. The van der Waals surface area contributed by atoms with Gasteiger partial charge in [0.1, 0.15) is 10.8 Å². The molecule has 0 bridgehead atoms. The Hall–Kier alpha value is -2.61. The normalized spacial score (nSPS) is 16.1. The molecule has 170 valence electrons. The summed E-state index contributed by atoms with van der Waals surface area (Å²) < 4.78 is 11.0. The summed E-state index contributed by atoms with van der Waals surface area (Å²) in [5, 5.41) is 4.01. The average Bonchev–Trinajstić information content (AvgIpc) is 3.47. The molecule has 1 amide bonds. The molecule has 1 atom stereocenters. The van der Waals surface area contributed by atoms with Crippen LogP contribution in [0.4, 0.5) is 5.00 Å². The Labute approximate surface area is 193 Å². The fourth-order valence-corrected chi connectivity index (χ4v) is 5.11. The number of amides is 1. The molecule has 0 aliphatic carbocycles. The topological polar surface area (TPSA) is 58.0 Å². The van der Waals surface area contributed by atoms with Gasteiger partial charge in [-0.1, -0.05) is 19.1 Å². The summed E-state index contributed by atoms with van der Waals surface area (Å²) in [5.41, 5.74) is 2.34. The van der Waals surface area contributed by atoms with Gasteiger partial charge in [0.05, 0.1) is 18.9 Å². The summed E-state index contributed by atoms with van der Waals surface area (Å²) >= 11 is 1.65. The van der Waals surface area contributed by atoms with Crippen molar-refractivity contribution in [2.24, 2.45) is 0 Å². The molecule has 6 nitrogen and oxygen atoms in total. The lowest BCUT2D eigenvalue weighted by Gasteiger charge is -2.38. The number of anilines is 1. The van der Waals surface area contributed by atoms with E-state index in [9.17, 15) is 4.79 Å². The van der Waals surface area contributed by atoms with E-state index in [-0.39, 0.29) is 11.9 Å². The van der Waals surface area contributed by atoms with Gasteiger partial charge in [-0.3, -0.25) is 9.69 Å². The van der Waals surface area contributed by atoms with Gasteiger partial charge in [-0.05, 0) is 56.3 Å². The largest absolute Gasteiger partial charge is 0.494 e. The number of carbonyl (C=O) groups is 1. The van der Waals surface area contributed by atoms with Crippen molar-refractivity contribution >= 4 is 22.2 Å². The van der Waals surface area contributed by atoms with E-state index in [0.29, 0.717) is 12.4 Å². The molecular weight excluding hydrogens is 422 g/mol. The first-order chi connectivity index (χ1) is 15.6. The van der Waals surface area contributed by atoms with E-state index in [4.69, 9.17) is 9.15 Å². The molecule has 1 aliphatic rings. The number of ether oxygens (including phenoxy) is 1. The molecular formula is C25H31N3O3S. The van der Waals surface area contributed by atoms with E-state index in [0.717, 1.165) is 48.9 Å². The molecule has 1 unspecified atom stereocenters.